The van der Waals surface area contributed by atoms with E-state index in [0.29, 0.717) is 29.6 Å². The summed E-state index contributed by atoms with van der Waals surface area (Å²) in [6.07, 6.45) is -2.66. The molecule has 1 aromatic carbocycles. The lowest BCUT2D eigenvalue weighted by Gasteiger charge is -2.37. The summed E-state index contributed by atoms with van der Waals surface area (Å²) in [6.45, 7) is 7.21. The molecule has 13 heteroatoms. The molecule has 0 unspecified atom stereocenters. The van der Waals surface area contributed by atoms with Crippen LogP contribution in [0, 0.1) is 18.8 Å². The third kappa shape index (κ3) is 5.13. The molecule has 2 aliphatic rings. The summed E-state index contributed by atoms with van der Waals surface area (Å²) in [7, 11) is 0. The van der Waals surface area contributed by atoms with Gasteiger partial charge in [0.25, 0.3) is 0 Å². The number of piperidine rings is 1. The predicted octanol–water partition coefficient (Wildman–Crippen LogP) is 4.57. The highest BCUT2D eigenvalue weighted by atomic mass is 19.4. The molecule has 0 amide bonds. The lowest BCUT2D eigenvalue weighted by atomic mass is 9.92. The molecule has 10 nitrogen and oxygen atoms in total. The Morgan fingerprint density at radius 1 is 1.11 bits per heavy atom. The Hall–Kier alpha value is -3.51. The minimum absolute atomic E-state index is 0.0815. The average molecular weight is 493 g/mol. The topological polar surface area (TPSA) is 103 Å². The van der Waals surface area contributed by atoms with Crippen molar-refractivity contribution in [2.45, 2.75) is 52.1 Å². The van der Waals surface area contributed by atoms with Crippen LogP contribution in [-0.4, -0.2) is 50.4 Å². The molecule has 0 radical (unpaired) electrons. The van der Waals surface area contributed by atoms with E-state index in [1.165, 1.54) is 18.2 Å². The van der Waals surface area contributed by atoms with E-state index in [4.69, 9.17) is 9.26 Å². The molecule has 2 bridgehead atoms. The number of rotatable bonds is 7. The molecule has 1 saturated heterocycles. The van der Waals surface area contributed by atoms with Crippen LogP contribution < -0.4 is 19.7 Å². The number of ether oxygens (including phenoxy) is 2. The highest BCUT2D eigenvalue weighted by molar-refractivity contribution is 5.37. The molecular weight excluding hydrogens is 467 g/mol. The number of nitrogens with one attached hydrogen (secondary N) is 1. The van der Waals surface area contributed by atoms with Gasteiger partial charge in [-0.15, -0.1) is 18.3 Å². The maximum atomic E-state index is 12.6. The van der Waals surface area contributed by atoms with Crippen molar-refractivity contribution in [1.82, 2.24) is 24.9 Å². The molecule has 0 spiro atoms. The normalized spacial score (nSPS) is 22.0. The Balaban J connectivity index is 1.30. The van der Waals surface area contributed by atoms with Gasteiger partial charge in [-0.2, -0.15) is 9.97 Å². The Morgan fingerprint density at radius 3 is 2.46 bits per heavy atom. The molecule has 3 atom stereocenters. The zero-order valence-corrected chi connectivity index (χ0v) is 19.5. The number of nitrogens with zero attached hydrogens (tertiary/aromatic N) is 6. The first kappa shape index (κ1) is 23.2. The van der Waals surface area contributed by atoms with Gasteiger partial charge < -0.3 is 24.2 Å². The summed E-state index contributed by atoms with van der Waals surface area (Å²) in [5, 5.41) is 11.9. The van der Waals surface area contributed by atoms with E-state index >= 15 is 0 Å². The predicted molar refractivity (Wildman–Crippen MR) is 118 cm³/mol. The fraction of sp³-hybridized carbons (Fsp3) is 0.545. The first-order valence-corrected chi connectivity index (χ1v) is 11.5. The molecule has 35 heavy (non-hydrogen) atoms. The van der Waals surface area contributed by atoms with Crippen molar-refractivity contribution in [1.29, 1.82) is 0 Å². The summed E-state index contributed by atoms with van der Waals surface area (Å²) in [5.41, 5.74) is 0. The molecule has 1 N–H and O–H groups in total. The second kappa shape index (κ2) is 8.93. The van der Waals surface area contributed by atoms with Gasteiger partial charge >= 0.3 is 18.4 Å². The van der Waals surface area contributed by atoms with E-state index < -0.39 is 6.36 Å². The van der Waals surface area contributed by atoms with E-state index in [2.05, 4.69) is 35.2 Å². The van der Waals surface area contributed by atoms with E-state index in [1.54, 1.807) is 11.6 Å². The summed E-state index contributed by atoms with van der Waals surface area (Å²) >= 11 is 0. The highest BCUT2D eigenvalue weighted by Gasteiger charge is 2.44. The minimum Gasteiger partial charge on any atom is -0.424 e. The molecule has 5 rings (SSSR count). The first-order chi connectivity index (χ1) is 16.6. The molecule has 2 aromatic heterocycles. The van der Waals surface area contributed by atoms with Gasteiger partial charge in [-0.3, -0.25) is 0 Å². The molecular formula is C22H26F3N7O3. The van der Waals surface area contributed by atoms with E-state index in [9.17, 15) is 13.2 Å². The maximum absolute atomic E-state index is 12.6. The smallest absolute Gasteiger partial charge is 0.424 e. The van der Waals surface area contributed by atoms with E-state index in [-0.39, 0.29) is 29.6 Å². The number of halogens is 3. The Bertz CT molecular complexity index is 1170. The van der Waals surface area contributed by atoms with Crippen LogP contribution in [0.15, 0.2) is 28.8 Å². The SMILES string of the molecule is Cc1noc(N2C[C@H]3CC[C@@H](C2)[C@H]3Nc2nc(Oc3cccc(OC(F)(F)F)c3)n(C(C)C)n2)n1. The quantitative estimate of drug-likeness (QED) is 0.507. The van der Waals surface area contributed by atoms with Crippen LogP contribution in [0.5, 0.6) is 17.5 Å². The van der Waals surface area contributed by atoms with Crippen LogP contribution in [0.25, 0.3) is 0 Å². The third-order valence-corrected chi connectivity index (χ3v) is 6.25. The number of aromatic nitrogens is 5. The summed E-state index contributed by atoms with van der Waals surface area (Å²) < 4.78 is 54.5. The van der Waals surface area contributed by atoms with Gasteiger partial charge in [0.15, 0.2) is 5.82 Å². The number of alkyl halides is 3. The van der Waals surface area contributed by atoms with Crippen LogP contribution in [0.3, 0.4) is 0 Å². The van der Waals surface area contributed by atoms with Gasteiger partial charge in [-0.25, -0.2) is 4.68 Å². The second-order valence-corrected chi connectivity index (χ2v) is 9.18. The minimum atomic E-state index is -4.79. The van der Waals surface area contributed by atoms with Gasteiger partial charge in [0.05, 0.1) is 6.04 Å². The largest absolute Gasteiger partial charge is 0.573 e. The zero-order valence-electron chi connectivity index (χ0n) is 19.5. The number of aryl methyl sites for hydroxylation is 1. The van der Waals surface area contributed by atoms with Crippen LogP contribution in [0.1, 0.15) is 38.6 Å². The highest BCUT2D eigenvalue weighted by Crippen LogP contribution is 2.40. The van der Waals surface area contributed by atoms with Crippen molar-refractivity contribution in [3.8, 4) is 17.5 Å². The number of hydrogen-bond acceptors (Lipinski definition) is 9. The summed E-state index contributed by atoms with van der Waals surface area (Å²) in [6, 6.07) is 6.14. The van der Waals surface area contributed by atoms with Crippen molar-refractivity contribution >= 4 is 12.0 Å². The summed E-state index contributed by atoms with van der Waals surface area (Å²) in [5.74, 6) is 1.53. The third-order valence-electron chi connectivity index (χ3n) is 6.25. The van der Waals surface area contributed by atoms with Gasteiger partial charge in [0, 0.05) is 25.2 Å². The van der Waals surface area contributed by atoms with Crippen molar-refractivity contribution < 1.29 is 27.2 Å². The van der Waals surface area contributed by atoms with Crippen molar-refractivity contribution in [2.24, 2.45) is 11.8 Å². The average Bonchev–Trinajstić information content (AvgIpc) is 3.43. The fourth-order valence-corrected chi connectivity index (χ4v) is 4.79. The van der Waals surface area contributed by atoms with Gasteiger partial charge in [-0.05, 0) is 57.6 Å². The molecule has 3 aromatic rings. The van der Waals surface area contributed by atoms with Gasteiger partial charge in [0.1, 0.15) is 11.5 Å². The monoisotopic (exact) mass is 493 g/mol. The lowest BCUT2D eigenvalue weighted by Crippen LogP contribution is -2.48. The second-order valence-electron chi connectivity index (χ2n) is 9.18. The molecule has 1 aliphatic heterocycles. The lowest BCUT2D eigenvalue weighted by molar-refractivity contribution is -0.274. The van der Waals surface area contributed by atoms with Crippen molar-refractivity contribution in [2.75, 3.05) is 23.3 Å². The van der Waals surface area contributed by atoms with E-state index in [1.807, 2.05) is 13.8 Å². The Kier molecular flexibility index (Phi) is 5.93. The first-order valence-electron chi connectivity index (χ1n) is 11.5. The number of hydrogen-bond donors (Lipinski definition) is 1. The Morgan fingerprint density at radius 2 is 1.83 bits per heavy atom. The summed E-state index contributed by atoms with van der Waals surface area (Å²) in [4.78, 5) is 11.0. The van der Waals surface area contributed by atoms with Crippen LogP contribution in [0.4, 0.5) is 25.1 Å². The molecule has 2 fully saturated rings. The maximum Gasteiger partial charge on any atom is 0.573 e. The van der Waals surface area contributed by atoms with Crippen molar-refractivity contribution in [3.05, 3.63) is 30.1 Å². The molecule has 3 heterocycles. The number of anilines is 2. The van der Waals surface area contributed by atoms with Crippen LogP contribution >= 0.6 is 0 Å². The molecule has 1 saturated carbocycles. The standard InChI is InChI=1S/C22H26F3N7O3/c1-12(2)32-21(33-16-5-4-6-17(9-16)34-22(23,24)25)28-19(29-32)27-18-14-7-8-15(18)11-31(10-14)20-26-13(3)30-35-20/h4-6,9,12,14-15,18H,7-8,10-11H2,1-3H3,(H,27,29)/t14-,15+,18+. The molecule has 188 valence electrons. The Labute approximate surface area is 199 Å². The van der Waals surface area contributed by atoms with E-state index in [0.717, 1.165) is 32.0 Å². The fourth-order valence-electron chi connectivity index (χ4n) is 4.79. The van der Waals surface area contributed by atoms with Crippen molar-refractivity contribution in [3.63, 3.8) is 0 Å². The zero-order chi connectivity index (χ0) is 24.7. The van der Waals surface area contributed by atoms with Gasteiger partial charge in [-0.1, -0.05) is 11.2 Å². The number of benzene rings is 1. The van der Waals surface area contributed by atoms with Gasteiger partial charge in [0.2, 0.25) is 5.95 Å². The van der Waals surface area contributed by atoms with Crippen LogP contribution in [-0.2, 0) is 0 Å². The van der Waals surface area contributed by atoms with Crippen LogP contribution in [0.2, 0.25) is 0 Å². The molecule has 1 aliphatic carbocycles. The number of fused-ring (bicyclic) bond motifs is 2.